The molecule has 0 saturated heterocycles. The first kappa shape index (κ1) is 17.4. The third-order valence-electron chi connectivity index (χ3n) is 3.41. The number of carboxylic acid groups (broad SMARTS) is 1. The van der Waals surface area contributed by atoms with E-state index in [0.29, 0.717) is 5.95 Å². The Kier molecular flexibility index (Phi) is 6.61. The average molecular weight is 316 g/mol. The van der Waals surface area contributed by atoms with Gasteiger partial charge in [0.1, 0.15) is 6.04 Å². The largest absolute Gasteiger partial charge is 0.480 e. The minimum Gasteiger partial charge on any atom is -0.480 e. The summed E-state index contributed by atoms with van der Waals surface area (Å²) in [5.74, 6) is -0.374. The molecule has 0 amide bonds. The Hall–Kier alpha value is -1.63. The van der Waals surface area contributed by atoms with Crippen LogP contribution in [0.2, 0.25) is 5.28 Å². The Morgan fingerprint density at radius 2 is 1.90 bits per heavy atom. The molecule has 7 nitrogen and oxygen atoms in total. The highest BCUT2D eigenvalue weighted by atomic mass is 35.5. The molecule has 8 heteroatoms. The van der Waals surface area contributed by atoms with Gasteiger partial charge in [0.15, 0.2) is 0 Å². The number of carbonyl (C=O) groups is 1. The lowest BCUT2D eigenvalue weighted by molar-refractivity contribution is -0.139. The van der Waals surface area contributed by atoms with Crippen LogP contribution >= 0.6 is 11.6 Å². The molecule has 0 bridgehead atoms. The van der Waals surface area contributed by atoms with Crippen molar-refractivity contribution < 1.29 is 9.90 Å². The van der Waals surface area contributed by atoms with Crippen LogP contribution in [0.1, 0.15) is 34.1 Å². The molecule has 118 valence electrons. The molecule has 0 aliphatic rings. The van der Waals surface area contributed by atoms with Gasteiger partial charge in [0.2, 0.25) is 17.2 Å². The van der Waals surface area contributed by atoms with Gasteiger partial charge >= 0.3 is 5.97 Å². The molecule has 0 aromatic carbocycles. The van der Waals surface area contributed by atoms with E-state index in [1.807, 2.05) is 32.6 Å². The first-order chi connectivity index (χ1) is 9.92. The van der Waals surface area contributed by atoms with E-state index in [9.17, 15) is 9.90 Å². The second-order valence-corrected chi connectivity index (χ2v) is 5.08. The summed E-state index contributed by atoms with van der Waals surface area (Å²) in [6.07, 6.45) is 0.728. The molecular weight excluding hydrogens is 294 g/mol. The molecule has 0 spiro atoms. The summed E-state index contributed by atoms with van der Waals surface area (Å²) in [6.45, 7) is 9.21. The predicted octanol–water partition coefficient (Wildman–Crippen LogP) is 2.28. The van der Waals surface area contributed by atoms with Crippen molar-refractivity contribution in [3.8, 4) is 0 Å². The second kappa shape index (κ2) is 7.97. The summed E-state index contributed by atoms with van der Waals surface area (Å²) in [5, 5.41) is 12.2. The van der Waals surface area contributed by atoms with E-state index in [0.717, 1.165) is 19.5 Å². The number of carboxylic acids is 1. The number of aliphatic carboxylic acids is 1. The van der Waals surface area contributed by atoms with Crippen LogP contribution in [0.25, 0.3) is 0 Å². The molecule has 1 aromatic rings. The lowest BCUT2D eigenvalue weighted by Gasteiger charge is -2.22. The fraction of sp³-hybridized carbons (Fsp3) is 0.692. The number of aromatic nitrogens is 3. The fourth-order valence-corrected chi connectivity index (χ4v) is 2.03. The molecule has 21 heavy (non-hydrogen) atoms. The van der Waals surface area contributed by atoms with Crippen LogP contribution in [0, 0.1) is 5.92 Å². The quantitative estimate of drug-likeness (QED) is 0.760. The van der Waals surface area contributed by atoms with Crippen LogP contribution in [-0.2, 0) is 4.79 Å². The van der Waals surface area contributed by atoms with Crippen LogP contribution < -0.4 is 10.2 Å². The van der Waals surface area contributed by atoms with Gasteiger partial charge in [-0.05, 0) is 31.4 Å². The highest BCUT2D eigenvalue weighted by Crippen LogP contribution is 2.17. The van der Waals surface area contributed by atoms with Crippen molar-refractivity contribution in [3.05, 3.63) is 5.28 Å². The molecule has 2 unspecified atom stereocenters. The Morgan fingerprint density at radius 3 is 2.38 bits per heavy atom. The van der Waals surface area contributed by atoms with E-state index in [2.05, 4.69) is 20.3 Å². The number of hydrogen-bond acceptors (Lipinski definition) is 6. The van der Waals surface area contributed by atoms with Crippen LogP contribution in [0.15, 0.2) is 0 Å². The molecule has 0 aliphatic carbocycles. The highest BCUT2D eigenvalue weighted by Gasteiger charge is 2.24. The van der Waals surface area contributed by atoms with E-state index in [1.54, 1.807) is 0 Å². The molecule has 0 radical (unpaired) electrons. The topological polar surface area (TPSA) is 91.2 Å². The van der Waals surface area contributed by atoms with Gasteiger partial charge in [-0.1, -0.05) is 20.3 Å². The maximum absolute atomic E-state index is 11.3. The zero-order valence-electron chi connectivity index (χ0n) is 12.8. The minimum absolute atomic E-state index is 0.0442. The number of nitrogens with zero attached hydrogens (tertiary/aromatic N) is 4. The molecule has 0 fully saturated rings. The van der Waals surface area contributed by atoms with E-state index >= 15 is 0 Å². The first-order valence-electron chi connectivity index (χ1n) is 7.08. The molecule has 0 saturated carbocycles. The summed E-state index contributed by atoms with van der Waals surface area (Å²) in [5.41, 5.74) is 0. The maximum Gasteiger partial charge on any atom is 0.326 e. The van der Waals surface area contributed by atoms with Crippen molar-refractivity contribution in [1.29, 1.82) is 0 Å². The van der Waals surface area contributed by atoms with Crippen molar-refractivity contribution in [1.82, 2.24) is 15.0 Å². The third-order valence-corrected chi connectivity index (χ3v) is 3.58. The number of hydrogen-bond donors (Lipinski definition) is 2. The van der Waals surface area contributed by atoms with Gasteiger partial charge in [-0.3, -0.25) is 0 Å². The Labute approximate surface area is 129 Å². The molecule has 1 heterocycles. The van der Waals surface area contributed by atoms with Crippen LogP contribution in [-0.4, -0.2) is 45.2 Å². The Morgan fingerprint density at radius 1 is 1.29 bits per heavy atom. The van der Waals surface area contributed by atoms with Crippen molar-refractivity contribution in [3.63, 3.8) is 0 Å². The Balaban J connectivity index is 3.04. The lowest BCUT2D eigenvalue weighted by Crippen LogP contribution is -2.36. The van der Waals surface area contributed by atoms with Crippen LogP contribution in [0.5, 0.6) is 0 Å². The summed E-state index contributed by atoms with van der Waals surface area (Å²) >= 11 is 5.91. The Bertz CT molecular complexity index is 482. The van der Waals surface area contributed by atoms with Gasteiger partial charge in [0.25, 0.3) is 0 Å². The smallest absolute Gasteiger partial charge is 0.326 e. The van der Waals surface area contributed by atoms with Crippen LogP contribution in [0.4, 0.5) is 11.9 Å². The zero-order chi connectivity index (χ0) is 16.0. The van der Waals surface area contributed by atoms with Gasteiger partial charge < -0.3 is 15.3 Å². The number of rotatable bonds is 8. The zero-order valence-corrected chi connectivity index (χ0v) is 13.6. The normalized spacial score (nSPS) is 13.6. The van der Waals surface area contributed by atoms with Crippen LogP contribution in [0.3, 0.4) is 0 Å². The average Bonchev–Trinajstić information content (AvgIpc) is 2.44. The SMILES string of the molecule is CCC(C)C(Nc1nc(Cl)nc(N(CC)CC)n1)C(=O)O. The van der Waals surface area contributed by atoms with Gasteiger partial charge in [-0.2, -0.15) is 15.0 Å². The first-order valence-corrected chi connectivity index (χ1v) is 7.46. The molecule has 1 aromatic heterocycles. The molecule has 2 atom stereocenters. The van der Waals surface area contributed by atoms with Gasteiger partial charge in [-0.25, -0.2) is 4.79 Å². The summed E-state index contributed by atoms with van der Waals surface area (Å²) in [6, 6.07) is -0.766. The number of halogens is 1. The predicted molar refractivity (Wildman–Crippen MR) is 82.9 cm³/mol. The second-order valence-electron chi connectivity index (χ2n) is 4.75. The summed E-state index contributed by atoms with van der Waals surface area (Å²) < 4.78 is 0. The van der Waals surface area contributed by atoms with Crippen molar-refractivity contribution in [2.75, 3.05) is 23.3 Å². The van der Waals surface area contributed by atoms with E-state index in [1.165, 1.54) is 0 Å². The molecule has 1 rings (SSSR count). The van der Waals surface area contributed by atoms with Gasteiger partial charge in [0.05, 0.1) is 0 Å². The van der Waals surface area contributed by atoms with Crippen molar-refractivity contribution >= 4 is 29.5 Å². The van der Waals surface area contributed by atoms with Crippen molar-refractivity contribution in [2.45, 2.75) is 40.2 Å². The van der Waals surface area contributed by atoms with Crippen molar-refractivity contribution in [2.24, 2.45) is 5.92 Å². The van der Waals surface area contributed by atoms with Gasteiger partial charge in [-0.15, -0.1) is 0 Å². The third kappa shape index (κ3) is 4.70. The molecular formula is C13H22ClN5O2. The number of nitrogens with one attached hydrogen (secondary N) is 1. The van der Waals surface area contributed by atoms with E-state index < -0.39 is 12.0 Å². The lowest BCUT2D eigenvalue weighted by atomic mass is 10.00. The standard InChI is InChI=1S/C13H22ClN5O2/c1-5-8(4)9(10(20)21)15-12-16-11(14)17-13(18-12)19(6-2)7-3/h8-9H,5-7H2,1-4H3,(H,20,21)(H,15,16,17,18). The highest BCUT2D eigenvalue weighted by molar-refractivity contribution is 6.28. The maximum atomic E-state index is 11.3. The summed E-state index contributed by atoms with van der Waals surface area (Å²) in [7, 11) is 0. The molecule has 0 aliphatic heterocycles. The van der Waals surface area contributed by atoms with Gasteiger partial charge in [0, 0.05) is 13.1 Å². The fourth-order valence-electron chi connectivity index (χ4n) is 1.87. The number of anilines is 2. The minimum atomic E-state index is -0.940. The molecule has 2 N–H and O–H groups in total. The summed E-state index contributed by atoms with van der Waals surface area (Å²) in [4.78, 5) is 25.6. The monoisotopic (exact) mass is 315 g/mol. The van der Waals surface area contributed by atoms with E-state index in [-0.39, 0.29) is 17.1 Å². The van der Waals surface area contributed by atoms with E-state index in [4.69, 9.17) is 11.6 Å².